The summed E-state index contributed by atoms with van der Waals surface area (Å²) >= 11 is 1.79. The van der Waals surface area contributed by atoms with Crippen molar-refractivity contribution >= 4 is 57.3 Å². The molecule has 3 aromatic rings. The Balaban J connectivity index is 0.000000289. The number of hydrogen-bond donors (Lipinski definition) is 6. The van der Waals surface area contributed by atoms with Gasteiger partial charge in [-0.15, -0.1) is 11.3 Å². The van der Waals surface area contributed by atoms with Gasteiger partial charge in [-0.1, -0.05) is 6.92 Å². The van der Waals surface area contributed by atoms with Gasteiger partial charge in [-0.25, -0.2) is 9.97 Å². The van der Waals surface area contributed by atoms with Gasteiger partial charge < -0.3 is 36.9 Å². The molecule has 4 rings (SSSR count). The maximum absolute atomic E-state index is 10.8. The van der Waals surface area contributed by atoms with Crippen LogP contribution in [0.5, 0.6) is 0 Å². The number of benzene rings is 1. The number of likely N-dealkylation sites (N-methyl/N-ethyl adjacent to an activating group) is 1. The number of rotatable bonds is 8. The summed E-state index contributed by atoms with van der Waals surface area (Å²) in [5.74, 6) is 1.28. The van der Waals surface area contributed by atoms with Crippen molar-refractivity contribution in [2.24, 2.45) is 5.92 Å². The molecule has 0 aliphatic heterocycles. The van der Waals surface area contributed by atoms with Crippen LogP contribution in [0.15, 0.2) is 24.5 Å². The van der Waals surface area contributed by atoms with Crippen LogP contribution in [0.3, 0.4) is 0 Å². The van der Waals surface area contributed by atoms with Crippen molar-refractivity contribution in [2.45, 2.75) is 65.0 Å². The molecule has 2 amide bonds. The number of nitrogens with one attached hydrogen (secondary N) is 4. The lowest BCUT2D eigenvalue weighted by Gasteiger charge is -2.18. The minimum atomic E-state index is -0.623. The largest absolute Gasteiger partial charge is 0.398 e. The summed E-state index contributed by atoms with van der Waals surface area (Å²) in [6.45, 7) is 8.25. The van der Waals surface area contributed by atoms with E-state index in [1.165, 1.54) is 30.1 Å². The number of aliphatic hydroxyl groups is 1. The molecule has 0 radical (unpaired) electrons. The summed E-state index contributed by atoms with van der Waals surface area (Å²) < 4.78 is 4.94. The number of carbonyl (C=O) groups is 2. The number of hydrogen-bond acceptors (Lipinski definition) is 10. The number of amides is 2. The summed E-state index contributed by atoms with van der Waals surface area (Å²) in [7, 11) is 3.18. The minimum absolute atomic E-state index is 0.0417. The van der Waals surface area contributed by atoms with Crippen LogP contribution in [0, 0.1) is 11.3 Å². The van der Waals surface area contributed by atoms with Crippen LogP contribution in [0.1, 0.15) is 56.5 Å². The molecule has 224 valence electrons. The van der Waals surface area contributed by atoms with E-state index in [9.17, 15) is 9.59 Å². The fourth-order valence-electron chi connectivity index (χ4n) is 3.96. The minimum Gasteiger partial charge on any atom is -0.398 e. The molecule has 0 fully saturated rings. The Morgan fingerprint density at radius 1 is 1.34 bits per heavy atom. The zero-order valence-electron chi connectivity index (χ0n) is 24.7. The SMILES string of the molecule is CC1CCc2c(sc3ncnc(Nc4ccc(N)c(C=N)c4)c23)C1.CNC(=O)[C@H](CCO)NC=O.COC(C)(C)C. The number of carbonyl (C=O) groups excluding carboxylic acids is 2. The molecule has 0 saturated carbocycles. The van der Waals surface area contributed by atoms with Gasteiger partial charge in [0, 0.05) is 48.8 Å². The van der Waals surface area contributed by atoms with E-state index in [0.29, 0.717) is 17.7 Å². The summed E-state index contributed by atoms with van der Waals surface area (Å²) in [6, 6.07) is 4.97. The quantitative estimate of drug-likeness (QED) is 0.131. The van der Waals surface area contributed by atoms with E-state index in [1.807, 2.05) is 39.0 Å². The highest BCUT2D eigenvalue weighted by Crippen LogP contribution is 2.40. The Hall–Kier alpha value is -3.61. The molecule has 1 aliphatic carbocycles. The van der Waals surface area contributed by atoms with Crippen molar-refractivity contribution in [3.63, 3.8) is 0 Å². The monoisotopic (exact) mass is 585 g/mol. The Labute approximate surface area is 245 Å². The number of aryl methyl sites for hydroxylation is 1. The van der Waals surface area contributed by atoms with Gasteiger partial charge in [0.1, 0.15) is 23.0 Å². The van der Waals surface area contributed by atoms with Gasteiger partial charge >= 0.3 is 0 Å². The average molecular weight is 586 g/mol. The number of fused-ring (bicyclic) bond motifs is 3. The van der Waals surface area contributed by atoms with Crippen LogP contribution in [-0.4, -0.2) is 66.0 Å². The highest BCUT2D eigenvalue weighted by atomic mass is 32.1. The first-order chi connectivity index (χ1) is 19.5. The lowest BCUT2D eigenvalue weighted by Crippen LogP contribution is -2.42. The van der Waals surface area contributed by atoms with E-state index in [2.05, 4.69) is 32.8 Å². The molecule has 0 saturated heterocycles. The summed E-state index contributed by atoms with van der Waals surface area (Å²) in [5, 5.41) is 25.1. The van der Waals surface area contributed by atoms with Gasteiger partial charge in [0.2, 0.25) is 12.3 Å². The number of ether oxygens (including phenoxy) is 1. The van der Waals surface area contributed by atoms with Crippen molar-refractivity contribution in [3.05, 3.63) is 40.5 Å². The van der Waals surface area contributed by atoms with E-state index in [0.717, 1.165) is 40.5 Å². The number of thiophene rings is 1. The van der Waals surface area contributed by atoms with Crippen molar-refractivity contribution in [1.29, 1.82) is 5.41 Å². The molecule has 2 heterocycles. The Bertz CT molecular complexity index is 1310. The fraction of sp³-hybridized carbons (Fsp3) is 0.483. The maximum atomic E-state index is 10.8. The maximum Gasteiger partial charge on any atom is 0.242 e. The van der Waals surface area contributed by atoms with Crippen LogP contribution in [0.4, 0.5) is 17.2 Å². The van der Waals surface area contributed by atoms with Crippen molar-refractivity contribution in [1.82, 2.24) is 20.6 Å². The molecular formula is C29H43N7O4S. The topological polar surface area (TPSA) is 175 Å². The van der Waals surface area contributed by atoms with Gasteiger partial charge in [-0.2, -0.15) is 0 Å². The van der Waals surface area contributed by atoms with Gasteiger partial charge in [-0.05, 0) is 76.1 Å². The molecule has 0 spiro atoms. The molecule has 1 unspecified atom stereocenters. The van der Waals surface area contributed by atoms with Crippen LogP contribution in [0.25, 0.3) is 10.2 Å². The number of methoxy groups -OCH3 is 1. The fourth-order valence-corrected chi connectivity index (χ4v) is 5.31. The van der Waals surface area contributed by atoms with E-state index in [1.54, 1.807) is 24.8 Å². The van der Waals surface area contributed by atoms with Crippen molar-refractivity contribution < 1.29 is 19.4 Å². The molecular weight excluding hydrogens is 542 g/mol. The molecule has 12 heteroatoms. The van der Waals surface area contributed by atoms with E-state index >= 15 is 0 Å². The first-order valence-electron chi connectivity index (χ1n) is 13.5. The second-order valence-corrected chi connectivity index (χ2v) is 11.7. The summed E-state index contributed by atoms with van der Waals surface area (Å²) in [4.78, 5) is 32.2. The molecule has 11 nitrogen and oxygen atoms in total. The lowest BCUT2D eigenvalue weighted by molar-refractivity contribution is -0.125. The second-order valence-electron chi connectivity index (χ2n) is 10.6. The number of anilines is 3. The Kier molecular flexibility index (Phi) is 13.1. The molecule has 2 atom stereocenters. The molecule has 7 N–H and O–H groups in total. The highest BCUT2D eigenvalue weighted by Gasteiger charge is 2.23. The molecule has 0 bridgehead atoms. The van der Waals surface area contributed by atoms with Gasteiger partial charge in [0.15, 0.2) is 0 Å². The molecule has 2 aromatic heterocycles. The molecule has 1 aromatic carbocycles. The highest BCUT2D eigenvalue weighted by molar-refractivity contribution is 7.19. The normalized spacial score (nSPS) is 14.8. The molecule has 41 heavy (non-hydrogen) atoms. The van der Waals surface area contributed by atoms with E-state index in [-0.39, 0.29) is 24.5 Å². The zero-order chi connectivity index (χ0) is 30.6. The van der Waals surface area contributed by atoms with Crippen LogP contribution in [0.2, 0.25) is 0 Å². The standard InChI is InChI=1S/C18H19N5S.C6H12N2O3.C5H12O/c1-10-2-4-13-15(6-10)24-18-16(13)17(21-9-22-18)23-12-3-5-14(20)11(7-12)8-19;1-7-6(11)5(2-3-9)8-4-10;1-5(2,3)6-4/h3,5,7-10,19H,2,4,6,20H2,1H3,(H,21,22,23);4-5,9H,2-3H2,1H3,(H,7,11)(H,8,10);1-4H3/t;5-;/m.0./s1. The number of nitrogen functional groups attached to an aromatic ring is 1. The second kappa shape index (κ2) is 16.0. The lowest BCUT2D eigenvalue weighted by atomic mass is 9.89. The number of nitrogens with two attached hydrogens (primary N) is 1. The van der Waals surface area contributed by atoms with E-state index in [4.69, 9.17) is 21.0 Å². The van der Waals surface area contributed by atoms with Gasteiger partial charge in [0.05, 0.1) is 11.0 Å². The first-order valence-corrected chi connectivity index (χ1v) is 14.3. The number of aliphatic hydroxyl groups excluding tert-OH is 1. The Morgan fingerprint density at radius 2 is 2.05 bits per heavy atom. The van der Waals surface area contributed by atoms with Crippen LogP contribution < -0.4 is 21.7 Å². The summed E-state index contributed by atoms with van der Waals surface area (Å²) in [5.41, 5.74) is 9.50. The average Bonchev–Trinajstić information content (AvgIpc) is 3.32. The molecule has 1 aliphatic rings. The first kappa shape index (κ1) is 33.6. The summed E-state index contributed by atoms with van der Waals surface area (Å²) in [6.07, 6.45) is 7.00. The van der Waals surface area contributed by atoms with Crippen molar-refractivity contribution in [3.8, 4) is 0 Å². The third-order valence-electron chi connectivity index (χ3n) is 6.46. The van der Waals surface area contributed by atoms with Gasteiger partial charge in [-0.3, -0.25) is 9.59 Å². The van der Waals surface area contributed by atoms with Crippen LogP contribution >= 0.6 is 11.3 Å². The number of aromatic nitrogens is 2. The number of nitrogens with zero attached hydrogens (tertiary/aromatic N) is 2. The predicted molar refractivity (Wildman–Crippen MR) is 166 cm³/mol. The van der Waals surface area contributed by atoms with Crippen LogP contribution in [-0.2, 0) is 27.2 Å². The zero-order valence-corrected chi connectivity index (χ0v) is 25.5. The third kappa shape index (κ3) is 10.1. The van der Waals surface area contributed by atoms with E-state index < -0.39 is 6.04 Å². The smallest absolute Gasteiger partial charge is 0.242 e. The van der Waals surface area contributed by atoms with Gasteiger partial charge in [0.25, 0.3) is 0 Å². The predicted octanol–water partition coefficient (Wildman–Crippen LogP) is 3.80. The third-order valence-corrected chi connectivity index (χ3v) is 7.62. The van der Waals surface area contributed by atoms with Crippen molar-refractivity contribution in [2.75, 3.05) is 31.8 Å². The Morgan fingerprint density at radius 3 is 2.63 bits per heavy atom.